The highest BCUT2D eigenvalue weighted by Crippen LogP contribution is 2.20. The summed E-state index contributed by atoms with van der Waals surface area (Å²) in [7, 11) is 0. The Hall–Kier alpha value is -1.46. The molecule has 0 fully saturated rings. The molecule has 0 aliphatic heterocycles. The van der Waals surface area contributed by atoms with Gasteiger partial charge in [-0.15, -0.1) is 5.10 Å². The minimum atomic E-state index is -0.346. The molecule has 0 aliphatic rings. The lowest BCUT2D eigenvalue weighted by molar-refractivity contribution is 0.571. The zero-order valence-electron chi connectivity index (χ0n) is 9.32. The summed E-state index contributed by atoms with van der Waals surface area (Å²) < 4.78 is 15.2. The van der Waals surface area contributed by atoms with Crippen molar-refractivity contribution in [2.45, 2.75) is 20.0 Å². The van der Waals surface area contributed by atoms with Crippen LogP contribution < -0.4 is 5.73 Å². The summed E-state index contributed by atoms with van der Waals surface area (Å²) >= 11 is 5.95. The predicted molar refractivity (Wildman–Crippen MR) is 63.2 cm³/mol. The summed E-state index contributed by atoms with van der Waals surface area (Å²) in [5.41, 5.74) is 7.44. The lowest BCUT2D eigenvalue weighted by atomic mass is 10.2. The highest BCUT2D eigenvalue weighted by atomic mass is 35.5. The van der Waals surface area contributed by atoms with Crippen molar-refractivity contribution in [2.24, 2.45) is 5.73 Å². The largest absolute Gasteiger partial charge is 0.325 e. The van der Waals surface area contributed by atoms with Crippen molar-refractivity contribution >= 4 is 11.6 Å². The summed E-state index contributed by atoms with van der Waals surface area (Å²) in [4.78, 5) is 0. The Bertz CT molecular complexity index is 518. The van der Waals surface area contributed by atoms with Crippen molar-refractivity contribution in [3.63, 3.8) is 0 Å². The molecule has 2 rings (SSSR count). The summed E-state index contributed by atoms with van der Waals surface area (Å²) in [5, 5.41) is 8.22. The number of rotatable bonds is 3. The molecule has 0 spiro atoms. The van der Waals surface area contributed by atoms with Gasteiger partial charge in [0.25, 0.3) is 0 Å². The van der Waals surface area contributed by atoms with Gasteiger partial charge in [0.1, 0.15) is 5.82 Å². The fraction of sp³-hybridized carbons (Fsp3) is 0.273. The molecule has 17 heavy (non-hydrogen) atoms. The zero-order valence-corrected chi connectivity index (χ0v) is 10.1. The molecular formula is C11H12ClFN4. The summed E-state index contributed by atoms with van der Waals surface area (Å²) in [5.74, 6) is -0.346. The topological polar surface area (TPSA) is 56.7 Å². The van der Waals surface area contributed by atoms with E-state index in [0.717, 1.165) is 5.69 Å². The molecule has 0 unspecified atom stereocenters. The van der Waals surface area contributed by atoms with Crippen LogP contribution >= 0.6 is 11.6 Å². The van der Waals surface area contributed by atoms with Crippen LogP contribution in [0.3, 0.4) is 0 Å². The Morgan fingerprint density at radius 2 is 2.24 bits per heavy atom. The van der Waals surface area contributed by atoms with E-state index in [9.17, 15) is 4.39 Å². The molecule has 1 heterocycles. The van der Waals surface area contributed by atoms with E-state index >= 15 is 0 Å². The fourth-order valence-electron chi connectivity index (χ4n) is 1.57. The van der Waals surface area contributed by atoms with E-state index in [1.54, 1.807) is 16.8 Å². The van der Waals surface area contributed by atoms with Crippen molar-refractivity contribution < 1.29 is 4.39 Å². The van der Waals surface area contributed by atoms with E-state index < -0.39 is 0 Å². The summed E-state index contributed by atoms with van der Waals surface area (Å²) in [6.07, 6.45) is 0. The van der Waals surface area contributed by atoms with E-state index in [4.69, 9.17) is 17.3 Å². The van der Waals surface area contributed by atoms with Gasteiger partial charge in [0.2, 0.25) is 0 Å². The SMILES string of the molecule is Cc1c(CN)nnn1Cc1c(F)cccc1Cl. The number of halogens is 2. The smallest absolute Gasteiger partial charge is 0.129 e. The van der Waals surface area contributed by atoms with Gasteiger partial charge in [-0.05, 0) is 19.1 Å². The van der Waals surface area contributed by atoms with Crippen molar-refractivity contribution in [1.82, 2.24) is 15.0 Å². The van der Waals surface area contributed by atoms with Gasteiger partial charge < -0.3 is 5.73 Å². The number of hydrogen-bond acceptors (Lipinski definition) is 3. The average molecular weight is 255 g/mol. The van der Waals surface area contributed by atoms with Gasteiger partial charge in [-0.25, -0.2) is 9.07 Å². The van der Waals surface area contributed by atoms with E-state index in [2.05, 4.69) is 10.3 Å². The number of nitrogens with two attached hydrogens (primary N) is 1. The molecular weight excluding hydrogens is 243 g/mol. The van der Waals surface area contributed by atoms with Gasteiger partial charge in [0, 0.05) is 17.1 Å². The first kappa shape index (κ1) is 12.0. The second kappa shape index (κ2) is 4.81. The molecule has 1 aromatic heterocycles. The zero-order chi connectivity index (χ0) is 12.4. The highest BCUT2D eigenvalue weighted by molar-refractivity contribution is 6.31. The first-order valence-corrected chi connectivity index (χ1v) is 5.53. The quantitative estimate of drug-likeness (QED) is 0.910. The first-order chi connectivity index (χ1) is 8.13. The van der Waals surface area contributed by atoms with Crippen LogP contribution in [0, 0.1) is 12.7 Å². The molecule has 1 aromatic carbocycles. The number of nitrogens with zero attached hydrogens (tertiary/aromatic N) is 3. The Morgan fingerprint density at radius 3 is 2.82 bits per heavy atom. The molecule has 0 aliphatic carbocycles. The first-order valence-electron chi connectivity index (χ1n) is 5.15. The third-order valence-corrected chi connectivity index (χ3v) is 3.00. The van der Waals surface area contributed by atoms with Gasteiger partial charge in [-0.3, -0.25) is 0 Å². The molecule has 0 bridgehead atoms. The molecule has 2 N–H and O–H groups in total. The van der Waals surface area contributed by atoms with Gasteiger partial charge >= 0.3 is 0 Å². The van der Waals surface area contributed by atoms with Crippen molar-refractivity contribution in [2.75, 3.05) is 0 Å². The average Bonchev–Trinajstić information content (AvgIpc) is 2.65. The van der Waals surface area contributed by atoms with Crippen LogP contribution in [0.25, 0.3) is 0 Å². The van der Waals surface area contributed by atoms with Crippen molar-refractivity contribution in [1.29, 1.82) is 0 Å². The van der Waals surface area contributed by atoms with Crippen LogP contribution in [-0.2, 0) is 13.1 Å². The summed E-state index contributed by atoms with van der Waals surface area (Å²) in [6, 6.07) is 4.59. The minimum Gasteiger partial charge on any atom is -0.325 e. The third kappa shape index (κ3) is 2.30. The Labute approximate surface area is 103 Å². The number of hydrogen-bond donors (Lipinski definition) is 1. The van der Waals surface area contributed by atoms with Crippen LogP contribution in [0.1, 0.15) is 17.0 Å². The van der Waals surface area contributed by atoms with E-state index in [-0.39, 0.29) is 12.4 Å². The van der Waals surface area contributed by atoms with Crippen LogP contribution in [0.2, 0.25) is 5.02 Å². The Balaban J connectivity index is 2.35. The van der Waals surface area contributed by atoms with Crippen LogP contribution in [0.15, 0.2) is 18.2 Å². The van der Waals surface area contributed by atoms with Crippen molar-refractivity contribution in [3.8, 4) is 0 Å². The van der Waals surface area contributed by atoms with Crippen LogP contribution in [-0.4, -0.2) is 15.0 Å². The maximum absolute atomic E-state index is 13.6. The Morgan fingerprint density at radius 1 is 1.47 bits per heavy atom. The number of aromatic nitrogens is 3. The Kier molecular flexibility index (Phi) is 3.40. The lowest BCUT2D eigenvalue weighted by Gasteiger charge is -2.07. The molecule has 2 aromatic rings. The van der Waals surface area contributed by atoms with E-state index in [1.165, 1.54) is 6.07 Å². The fourth-order valence-corrected chi connectivity index (χ4v) is 1.79. The second-order valence-electron chi connectivity index (χ2n) is 3.68. The highest BCUT2D eigenvalue weighted by Gasteiger charge is 2.12. The van der Waals surface area contributed by atoms with E-state index in [0.29, 0.717) is 22.8 Å². The predicted octanol–water partition coefficient (Wildman–Crippen LogP) is 1.89. The standard InChI is InChI=1S/C11H12ClFN4/c1-7-11(5-14)15-16-17(7)6-8-9(12)3-2-4-10(8)13/h2-4H,5-6,14H2,1H3. The maximum atomic E-state index is 13.6. The molecule has 0 radical (unpaired) electrons. The van der Waals surface area contributed by atoms with Crippen LogP contribution in [0.5, 0.6) is 0 Å². The van der Waals surface area contributed by atoms with Gasteiger partial charge in [0.15, 0.2) is 0 Å². The monoisotopic (exact) mass is 254 g/mol. The van der Waals surface area contributed by atoms with Gasteiger partial charge in [-0.2, -0.15) is 0 Å². The van der Waals surface area contributed by atoms with Gasteiger partial charge in [-0.1, -0.05) is 22.9 Å². The maximum Gasteiger partial charge on any atom is 0.129 e. The van der Waals surface area contributed by atoms with E-state index in [1.807, 2.05) is 6.92 Å². The lowest BCUT2D eigenvalue weighted by Crippen LogP contribution is -2.07. The minimum absolute atomic E-state index is 0.254. The van der Waals surface area contributed by atoms with Crippen molar-refractivity contribution in [3.05, 3.63) is 46.0 Å². The molecule has 0 atom stereocenters. The molecule has 4 nitrogen and oxygen atoms in total. The number of benzene rings is 1. The second-order valence-corrected chi connectivity index (χ2v) is 4.09. The molecule has 0 saturated heterocycles. The molecule has 0 saturated carbocycles. The van der Waals surface area contributed by atoms with Crippen LogP contribution in [0.4, 0.5) is 4.39 Å². The third-order valence-electron chi connectivity index (χ3n) is 2.64. The molecule has 90 valence electrons. The summed E-state index contributed by atoms with van der Waals surface area (Å²) in [6.45, 7) is 2.41. The normalized spacial score (nSPS) is 10.8. The molecule has 6 heteroatoms. The van der Waals surface area contributed by atoms with Gasteiger partial charge in [0.05, 0.1) is 17.9 Å². The molecule has 0 amide bonds.